The lowest BCUT2D eigenvalue weighted by Crippen LogP contribution is -2.36. The molecule has 1 amide bonds. The van der Waals surface area contributed by atoms with Crippen molar-refractivity contribution in [2.75, 3.05) is 5.32 Å². The Labute approximate surface area is 170 Å². The molecule has 136 valence electrons. The molecule has 0 atom stereocenters. The van der Waals surface area contributed by atoms with Crippen molar-refractivity contribution >= 4 is 45.1 Å². The SMILES string of the molecule is O=C(NC(=NCc1ccncc1)Nc1cccc(Br)c1)c1ccc(Cl)cc1. The second-order valence-electron chi connectivity index (χ2n) is 5.62. The molecule has 0 aliphatic heterocycles. The minimum absolute atomic E-state index is 0.275. The number of guanidine groups is 1. The third-order valence-electron chi connectivity index (χ3n) is 3.59. The van der Waals surface area contributed by atoms with Crippen LogP contribution in [0.5, 0.6) is 0 Å². The Kier molecular flexibility index (Phi) is 6.57. The first-order valence-electron chi connectivity index (χ1n) is 8.13. The van der Waals surface area contributed by atoms with E-state index in [2.05, 4.69) is 36.5 Å². The molecular formula is C20H16BrClN4O. The van der Waals surface area contributed by atoms with E-state index in [0.717, 1.165) is 15.7 Å². The molecule has 3 aromatic rings. The van der Waals surface area contributed by atoms with Crippen LogP contribution >= 0.6 is 27.5 Å². The van der Waals surface area contributed by atoms with Crippen LogP contribution in [0.25, 0.3) is 0 Å². The molecule has 7 heteroatoms. The van der Waals surface area contributed by atoms with Gasteiger partial charge in [0.15, 0.2) is 0 Å². The Morgan fingerprint density at radius 3 is 2.52 bits per heavy atom. The molecule has 0 saturated heterocycles. The Bertz CT molecular complexity index is 946. The van der Waals surface area contributed by atoms with Crippen LogP contribution in [0.2, 0.25) is 5.02 Å². The molecule has 3 rings (SSSR count). The highest BCUT2D eigenvalue weighted by molar-refractivity contribution is 9.10. The van der Waals surface area contributed by atoms with E-state index in [4.69, 9.17) is 11.6 Å². The summed E-state index contributed by atoms with van der Waals surface area (Å²) in [5, 5.41) is 6.54. The van der Waals surface area contributed by atoms with Crippen LogP contribution in [0, 0.1) is 0 Å². The number of rotatable bonds is 4. The van der Waals surface area contributed by atoms with Crippen molar-refractivity contribution in [1.29, 1.82) is 0 Å². The number of nitrogens with zero attached hydrogens (tertiary/aromatic N) is 2. The first kappa shape index (κ1) is 19.1. The van der Waals surface area contributed by atoms with Crippen LogP contribution in [0.4, 0.5) is 5.69 Å². The van der Waals surface area contributed by atoms with Gasteiger partial charge in [-0.05, 0) is 60.2 Å². The van der Waals surface area contributed by atoms with E-state index >= 15 is 0 Å². The predicted octanol–water partition coefficient (Wildman–Crippen LogP) is 4.90. The van der Waals surface area contributed by atoms with Crippen molar-refractivity contribution in [2.24, 2.45) is 4.99 Å². The Hall–Kier alpha value is -2.70. The molecule has 0 spiro atoms. The molecule has 5 nitrogen and oxygen atoms in total. The highest BCUT2D eigenvalue weighted by Gasteiger charge is 2.09. The number of halogens is 2. The summed E-state index contributed by atoms with van der Waals surface area (Å²) in [7, 11) is 0. The number of aromatic nitrogens is 1. The lowest BCUT2D eigenvalue weighted by molar-refractivity contribution is 0.0977. The van der Waals surface area contributed by atoms with Gasteiger partial charge in [0.1, 0.15) is 0 Å². The molecule has 2 aromatic carbocycles. The third kappa shape index (κ3) is 5.91. The zero-order valence-corrected chi connectivity index (χ0v) is 16.5. The van der Waals surface area contributed by atoms with E-state index in [1.54, 1.807) is 36.7 Å². The second-order valence-corrected chi connectivity index (χ2v) is 6.97. The summed E-state index contributed by atoms with van der Waals surface area (Å²) in [6.07, 6.45) is 3.41. The van der Waals surface area contributed by atoms with Crippen LogP contribution in [0.3, 0.4) is 0 Å². The number of pyridine rings is 1. The van der Waals surface area contributed by atoms with E-state index < -0.39 is 0 Å². The summed E-state index contributed by atoms with van der Waals surface area (Å²) in [5.41, 5.74) is 2.28. The largest absolute Gasteiger partial charge is 0.326 e. The molecule has 0 unspecified atom stereocenters. The fourth-order valence-electron chi connectivity index (χ4n) is 2.25. The van der Waals surface area contributed by atoms with E-state index in [-0.39, 0.29) is 5.91 Å². The Morgan fingerprint density at radius 2 is 1.81 bits per heavy atom. The summed E-state index contributed by atoms with van der Waals surface area (Å²) in [6, 6.07) is 18.0. The van der Waals surface area contributed by atoms with Crippen molar-refractivity contribution in [2.45, 2.75) is 6.54 Å². The lowest BCUT2D eigenvalue weighted by atomic mass is 10.2. The molecular weight excluding hydrogens is 428 g/mol. The number of carbonyl (C=O) groups excluding carboxylic acids is 1. The summed E-state index contributed by atoms with van der Waals surface area (Å²) in [4.78, 5) is 21.0. The van der Waals surface area contributed by atoms with E-state index in [1.165, 1.54) is 0 Å². The van der Waals surface area contributed by atoms with E-state index in [1.807, 2.05) is 36.4 Å². The maximum Gasteiger partial charge on any atom is 0.257 e. The molecule has 1 aromatic heterocycles. The van der Waals surface area contributed by atoms with Crippen molar-refractivity contribution in [1.82, 2.24) is 10.3 Å². The van der Waals surface area contributed by atoms with Crippen LogP contribution in [0.15, 0.2) is 82.5 Å². The van der Waals surface area contributed by atoms with Gasteiger partial charge in [0.2, 0.25) is 5.96 Å². The summed E-state index contributed by atoms with van der Waals surface area (Å²) in [5.74, 6) is 0.0764. The normalized spacial score (nSPS) is 11.1. The standard InChI is InChI=1S/C20H16BrClN4O/c21-16-2-1-3-18(12-16)25-20(24-13-14-8-10-23-11-9-14)26-19(27)15-4-6-17(22)7-5-15/h1-12H,13H2,(H2,24,25,26,27). The van der Waals surface area contributed by atoms with Crippen molar-refractivity contribution in [3.8, 4) is 0 Å². The lowest BCUT2D eigenvalue weighted by Gasteiger charge is -2.12. The maximum absolute atomic E-state index is 12.5. The fraction of sp³-hybridized carbons (Fsp3) is 0.0500. The highest BCUT2D eigenvalue weighted by atomic mass is 79.9. The zero-order chi connectivity index (χ0) is 19.1. The predicted molar refractivity (Wildman–Crippen MR) is 112 cm³/mol. The maximum atomic E-state index is 12.5. The van der Waals surface area contributed by atoms with E-state index in [9.17, 15) is 4.79 Å². The molecule has 0 radical (unpaired) electrons. The van der Waals surface area contributed by atoms with Gasteiger partial charge < -0.3 is 5.32 Å². The average Bonchev–Trinajstić information content (AvgIpc) is 2.67. The van der Waals surface area contributed by atoms with Crippen molar-refractivity contribution < 1.29 is 4.79 Å². The first-order chi connectivity index (χ1) is 13.1. The first-order valence-corrected chi connectivity index (χ1v) is 9.30. The Morgan fingerprint density at radius 1 is 1.07 bits per heavy atom. The topological polar surface area (TPSA) is 66.4 Å². The van der Waals surface area contributed by atoms with Gasteiger partial charge in [0, 0.05) is 33.1 Å². The molecule has 0 aliphatic rings. The third-order valence-corrected chi connectivity index (χ3v) is 4.34. The van der Waals surface area contributed by atoms with Gasteiger partial charge in [0.25, 0.3) is 5.91 Å². The number of benzene rings is 2. The minimum Gasteiger partial charge on any atom is -0.326 e. The van der Waals surface area contributed by atoms with Crippen LogP contribution in [0.1, 0.15) is 15.9 Å². The van der Waals surface area contributed by atoms with E-state index in [0.29, 0.717) is 23.1 Å². The molecule has 0 fully saturated rings. The average molecular weight is 444 g/mol. The van der Waals surface area contributed by atoms with Gasteiger partial charge in [-0.25, -0.2) is 4.99 Å². The van der Waals surface area contributed by atoms with Gasteiger partial charge in [-0.3, -0.25) is 15.1 Å². The molecule has 1 heterocycles. The van der Waals surface area contributed by atoms with Crippen LogP contribution < -0.4 is 10.6 Å². The number of amides is 1. The van der Waals surface area contributed by atoms with Crippen LogP contribution in [-0.4, -0.2) is 16.9 Å². The molecule has 2 N–H and O–H groups in total. The summed E-state index contributed by atoms with van der Waals surface area (Å²) >= 11 is 9.32. The highest BCUT2D eigenvalue weighted by Crippen LogP contribution is 2.16. The summed E-state index contributed by atoms with van der Waals surface area (Å²) in [6.45, 7) is 0.403. The zero-order valence-electron chi connectivity index (χ0n) is 14.2. The van der Waals surface area contributed by atoms with Crippen molar-refractivity contribution in [3.63, 3.8) is 0 Å². The number of hydrogen-bond acceptors (Lipinski definition) is 3. The second kappa shape index (κ2) is 9.30. The fourth-order valence-corrected chi connectivity index (χ4v) is 2.78. The van der Waals surface area contributed by atoms with Gasteiger partial charge in [-0.1, -0.05) is 33.6 Å². The number of carbonyl (C=O) groups is 1. The van der Waals surface area contributed by atoms with Gasteiger partial charge in [0.05, 0.1) is 6.54 Å². The number of aliphatic imine (C=N–C) groups is 1. The van der Waals surface area contributed by atoms with Crippen molar-refractivity contribution in [3.05, 3.63) is 93.7 Å². The quantitative estimate of drug-likeness (QED) is 0.445. The Balaban J connectivity index is 1.79. The smallest absolute Gasteiger partial charge is 0.257 e. The molecule has 27 heavy (non-hydrogen) atoms. The number of nitrogens with one attached hydrogen (secondary N) is 2. The number of anilines is 1. The summed E-state index contributed by atoms with van der Waals surface area (Å²) < 4.78 is 0.921. The number of hydrogen-bond donors (Lipinski definition) is 2. The minimum atomic E-state index is -0.275. The molecule has 0 saturated carbocycles. The van der Waals surface area contributed by atoms with Crippen LogP contribution in [-0.2, 0) is 6.54 Å². The molecule has 0 aliphatic carbocycles. The monoisotopic (exact) mass is 442 g/mol. The van der Waals surface area contributed by atoms with Gasteiger partial charge in [-0.2, -0.15) is 0 Å². The molecule has 0 bridgehead atoms. The van der Waals surface area contributed by atoms with Gasteiger partial charge >= 0.3 is 0 Å². The van der Waals surface area contributed by atoms with Gasteiger partial charge in [-0.15, -0.1) is 0 Å².